The van der Waals surface area contributed by atoms with Gasteiger partial charge in [-0.15, -0.1) is 5.10 Å². The Labute approximate surface area is 184 Å². The molecule has 0 saturated heterocycles. The van der Waals surface area contributed by atoms with Crippen molar-refractivity contribution in [3.63, 3.8) is 0 Å². The first-order valence-corrected chi connectivity index (χ1v) is 10.3. The summed E-state index contributed by atoms with van der Waals surface area (Å²) in [6, 6.07) is 25.5. The lowest BCUT2D eigenvalue weighted by molar-refractivity contribution is -0.142. The van der Waals surface area contributed by atoms with Crippen molar-refractivity contribution in [3.05, 3.63) is 102 Å². The minimum absolute atomic E-state index is 0.0293. The molecule has 1 N–H and O–H groups in total. The van der Waals surface area contributed by atoms with Crippen LogP contribution in [0.4, 0.5) is 0 Å². The Balaban J connectivity index is 1.58. The summed E-state index contributed by atoms with van der Waals surface area (Å²) in [5.74, 6) is -1.06. The summed E-state index contributed by atoms with van der Waals surface area (Å²) in [7, 11) is 0. The number of carbonyl (C=O) groups excluding carboxylic acids is 1. The highest BCUT2D eigenvalue weighted by Gasteiger charge is 2.36. The van der Waals surface area contributed by atoms with Gasteiger partial charge in [0.2, 0.25) is 5.82 Å². The molecule has 0 spiro atoms. The average molecular weight is 424 g/mol. The van der Waals surface area contributed by atoms with Gasteiger partial charge in [-0.3, -0.25) is 4.79 Å². The van der Waals surface area contributed by atoms with E-state index in [1.165, 1.54) is 4.90 Å². The zero-order valence-electron chi connectivity index (χ0n) is 17.1. The van der Waals surface area contributed by atoms with Crippen LogP contribution in [0.2, 0.25) is 0 Å². The quantitative estimate of drug-likeness (QED) is 0.541. The Bertz CT molecular complexity index is 1230. The van der Waals surface area contributed by atoms with Gasteiger partial charge in [0.25, 0.3) is 5.91 Å². The summed E-state index contributed by atoms with van der Waals surface area (Å²) in [5, 5.41) is 14.3. The molecule has 2 heterocycles. The normalized spacial score (nSPS) is 15.2. The maximum Gasteiger partial charge on any atom is 0.326 e. The SMILES string of the molecule is O=C(O)C1Cc2ccccc2CN1C(=O)c1nc(-c2ccccc2)n(-c2ccccc2)n1. The molecule has 158 valence electrons. The third kappa shape index (κ3) is 3.54. The van der Waals surface area contributed by atoms with Crippen LogP contribution in [0.5, 0.6) is 0 Å². The Morgan fingerprint density at radius 3 is 2.16 bits per heavy atom. The predicted molar refractivity (Wildman–Crippen MR) is 118 cm³/mol. The van der Waals surface area contributed by atoms with Gasteiger partial charge in [-0.1, -0.05) is 72.8 Å². The molecular formula is C25H20N4O3. The van der Waals surface area contributed by atoms with E-state index in [4.69, 9.17) is 0 Å². The molecule has 0 saturated carbocycles. The van der Waals surface area contributed by atoms with E-state index in [9.17, 15) is 14.7 Å². The third-order valence-corrected chi connectivity index (χ3v) is 5.63. The molecule has 0 fully saturated rings. The summed E-state index contributed by atoms with van der Waals surface area (Å²) < 4.78 is 1.62. The van der Waals surface area contributed by atoms with Crippen LogP contribution in [0.1, 0.15) is 21.7 Å². The molecule has 32 heavy (non-hydrogen) atoms. The number of amides is 1. The second kappa shape index (κ2) is 8.11. The van der Waals surface area contributed by atoms with Crippen LogP contribution >= 0.6 is 0 Å². The number of para-hydroxylation sites is 1. The number of rotatable bonds is 4. The number of carboxylic acid groups (broad SMARTS) is 1. The summed E-state index contributed by atoms with van der Waals surface area (Å²) in [5.41, 5.74) is 3.44. The highest BCUT2D eigenvalue weighted by atomic mass is 16.4. The van der Waals surface area contributed by atoms with Gasteiger partial charge in [0.15, 0.2) is 5.82 Å². The molecular weight excluding hydrogens is 404 g/mol. The molecule has 1 aliphatic rings. The van der Waals surface area contributed by atoms with Crippen LogP contribution in [-0.2, 0) is 17.8 Å². The fraction of sp³-hybridized carbons (Fsp3) is 0.120. The number of carbonyl (C=O) groups is 2. The van der Waals surface area contributed by atoms with Crippen molar-refractivity contribution in [1.82, 2.24) is 19.7 Å². The molecule has 1 aromatic heterocycles. The van der Waals surface area contributed by atoms with Crippen molar-refractivity contribution >= 4 is 11.9 Å². The van der Waals surface area contributed by atoms with E-state index in [0.29, 0.717) is 5.82 Å². The zero-order chi connectivity index (χ0) is 22.1. The minimum atomic E-state index is -1.04. The van der Waals surface area contributed by atoms with Gasteiger partial charge in [-0.25, -0.2) is 14.5 Å². The molecule has 3 aromatic carbocycles. The number of benzene rings is 3. The van der Waals surface area contributed by atoms with Crippen molar-refractivity contribution in [2.45, 2.75) is 19.0 Å². The van der Waals surface area contributed by atoms with E-state index in [-0.39, 0.29) is 18.8 Å². The first-order valence-electron chi connectivity index (χ1n) is 10.3. The van der Waals surface area contributed by atoms with Crippen molar-refractivity contribution in [3.8, 4) is 17.1 Å². The average Bonchev–Trinajstić information content (AvgIpc) is 3.29. The summed E-state index contributed by atoms with van der Waals surface area (Å²) >= 11 is 0. The minimum Gasteiger partial charge on any atom is -0.480 e. The van der Waals surface area contributed by atoms with E-state index >= 15 is 0 Å². The summed E-state index contributed by atoms with van der Waals surface area (Å²) in [6.45, 7) is 0.201. The maximum absolute atomic E-state index is 13.5. The van der Waals surface area contributed by atoms with E-state index in [0.717, 1.165) is 22.4 Å². The van der Waals surface area contributed by atoms with Gasteiger partial charge in [-0.05, 0) is 23.3 Å². The standard InChI is InChI=1S/C25H20N4O3/c30-24(28-16-19-12-8-7-11-18(19)15-21(28)25(31)32)22-26-23(17-9-3-1-4-10-17)29(27-22)20-13-5-2-6-14-20/h1-14,21H,15-16H2,(H,31,32). The van der Waals surface area contributed by atoms with E-state index in [2.05, 4.69) is 10.1 Å². The Kier molecular flexibility index (Phi) is 4.99. The van der Waals surface area contributed by atoms with Gasteiger partial charge >= 0.3 is 5.97 Å². The smallest absolute Gasteiger partial charge is 0.326 e. The molecule has 0 aliphatic carbocycles. The lowest BCUT2D eigenvalue weighted by Gasteiger charge is -2.33. The van der Waals surface area contributed by atoms with E-state index in [1.807, 2.05) is 84.9 Å². The number of fused-ring (bicyclic) bond motifs is 1. The van der Waals surface area contributed by atoms with Crippen molar-refractivity contribution in [1.29, 1.82) is 0 Å². The second-order valence-corrected chi connectivity index (χ2v) is 7.63. The second-order valence-electron chi connectivity index (χ2n) is 7.63. The van der Waals surface area contributed by atoms with Gasteiger partial charge in [0.05, 0.1) is 5.69 Å². The molecule has 7 heteroatoms. The van der Waals surface area contributed by atoms with Crippen molar-refractivity contribution in [2.24, 2.45) is 0 Å². The third-order valence-electron chi connectivity index (χ3n) is 5.63. The van der Waals surface area contributed by atoms with Gasteiger partial charge in [0.1, 0.15) is 6.04 Å². The highest BCUT2D eigenvalue weighted by Crippen LogP contribution is 2.26. The molecule has 1 amide bonds. The Morgan fingerprint density at radius 2 is 1.47 bits per heavy atom. The lowest BCUT2D eigenvalue weighted by atomic mass is 9.94. The van der Waals surface area contributed by atoms with Gasteiger partial charge in [-0.2, -0.15) is 0 Å². The molecule has 7 nitrogen and oxygen atoms in total. The number of aliphatic carboxylic acids is 1. The zero-order valence-corrected chi connectivity index (χ0v) is 17.1. The largest absolute Gasteiger partial charge is 0.480 e. The number of aromatic nitrogens is 3. The fourth-order valence-corrected chi connectivity index (χ4v) is 4.01. The lowest BCUT2D eigenvalue weighted by Crippen LogP contribution is -2.49. The Hall–Kier alpha value is -4.26. The maximum atomic E-state index is 13.5. The van der Waals surface area contributed by atoms with Crippen molar-refractivity contribution < 1.29 is 14.7 Å². The van der Waals surface area contributed by atoms with E-state index in [1.54, 1.807) is 4.68 Å². The predicted octanol–water partition coefficient (Wildman–Crippen LogP) is 3.59. The molecule has 1 aliphatic heterocycles. The number of nitrogens with zero attached hydrogens (tertiary/aromatic N) is 4. The van der Waals surface area contributed by atoms with Crippen LogP contribution in [0.15, 0.2) is 84.9 Å². The number of hydrogen-bond donors (Lipinski definition) is 1. The van der Waals surface area contributed by atoms with Gasteiger partial charge in [0, 0.05) is 18.5 Å². The van der Waals surface area contributed by atoms with Crippen LogP contribution in [-0.4, -0.2) is 42.7 Å². The number of hydrogen-bond acceptors (Lipinski definition) is 4. The topological polar surface area (TPSA) is 88.3 Å². The van der Waals surface area contributed by atoms with Gasteiger partial charge < -0.3 is 10.0 Å². The molecule has 0 radical (unpaired) electrons. The number of carboxylic acids is 1. The molecule has 1 atom stereocenters. The highest BCUT2D eigenvalue weighted by molar-refractivity contribution is 5.94. The fourth-order valence-electron chi connectivity index (χ4n) is 4.01. The van der Waals surface area contributed by atoms with Crippen LogP contribution in [0.3, 0.4) is 0 Å². The van der Waals surface area contributed by atoms with Crippen molar-refractivity contribution in [2.75, 3.05) is 0 Å². The summed E-state index contributed by atoms with van der Waals surface area (Å²) in [6.07, 6.45) is 0.252. The molecule has 1 unspecified atom stereocenters. The van der Waals surface area contributed by atoms with Crippen LogP contribution < -0.4 is 0 Å². The molecule has 5 rings (SSSR count). The first kappa shape index (κ1) is 19.7. The van der Waals surface area contributed by atoms with Crippen LogP contribution in [0, 0.1) is 0 Å². The first-order chi connectivity index (χ1) is 15.6. The molecule has 0 bridgehead atoms. The summed E-state index contributed by atoms with van der Waals surface area (Å²) in [4.78, 5) is 31.4. The molecule has 4 aromatic rings. The monoisotopic (exact) mass is 424 g/mol. The Morgan fingerprint density at radius 1 is 0.844 bits per heavy atom. The van der Waals surface area contributed by atoms with Crippen LogP contribution in [0.25, 0.3) is 17.1 Å². The van der Waals surface area contributed by atoms with E-state index < -0.39 is 17.9 Å².